The summed E-state index contributed by atoms with van der Waals surface area (Å²) in [5.74, 6) is -1.30. The molecule has 1 heterocycles. The molecular weight excluding hydrogens is 279 g/mol. The van der Waals surface area contributed by atoms with Crippen molar-refractivity contribution in [2.45, 2.75) is 4.90 Å². The molecule has 2 rings (SSSR count). The molecule has 0 saturated heterocycles. The molecular formula is C9H7FN4O4S. The van der Waals surface area contributed by atoms with Crippen molar-refractivity contribution in [1.29, 1.82) is 0 Å². The van der Waals surface area contributed by atoms with E-state index in [0.29, 0.717) is 6.07 Å². The molecule has 2 aromatic rings. The second kappa shape index (κ2) is 4.65. The molecule has 19 heavy (non-hydrogen) atoms. The fourth-order valence-electron chi connectivity index (χ4n) is 1.32. The first-order valence-corrected chi connectivity index (χ1v) is 6.34. The number of imidazole rings is 1. The van der Waals surface area contributed by atoms with Crippen LogP contribution in [0.4, 0.5) is 16.0 Å². The summed E-state index contributed by atoms with van der Waals surface area (Å²) in [7, 11) is -4.20. The van der Waals surface area contributed by atoms with Gasteiger partial charge in [-0.25, -0.2) is 22.5 Å². The molecule has 0 aliphatic rings. The second-order valence-corrected chi connectivity index (χ2v) is 5.07. The van der Waals surface area contributed by atoms with Gasteiger partial charge in [0, 0.05) is 18.5 Å². The van der Waals surface area contributed by atoms with Crippen molar-refractivity contribution in [2.75, 3.05) is 4.72 Å². The first-order chi connectivity index (χ1) is 8.90. The van der Waals surface area contributed by atoms with Crippen molar-refractivity contribution in [2.24, 2.45) is 0 Å². The van der Waals surface area contributed by atoms with E-state index in [0.717, 1.165) is 12.1 Å². The number of nitro groups is 1. The zero-order valence-electron chi connectivity index (χ0n) is 9.20. The lowest BCUT2D eigenvalue weighted by molar-refractivity contribution is -0.385. The third-order valence-electron chi connectivity index (χ3n) is 2.15. The molecule has 0 unspecified atom stereocenters. The molecule has 1 aromatic heterocycles. The Labute approximate surface area is 106 Å². The summed E-state index contributed by atoms with van der Waals surface area (Å²) in [6.45, 7) is 0. The summed E-state index contributed by atoms with van der Waals surface area (Å²) in [5, 5.41) is 10.4. The quantitative estimate of drug-likeness (QED) is 0.648. The zero-order chi connectivity index (χ0) is 14.0. The van der Waals surface area contributed by atoms with Gasteiger partial charge in [-0.1, -0.05) is 0 Å². The molecule has 8 nitrogen and oxygen atoms in total. The van der Waals surface area contributed by atoms with Gasteiger partial charge in [0.15, 0.2) is 5.82 Å². The summed E-state index contributed by atoms with van der Waals surface area (Å²) in [6, 6.07) is 2.26. The van der Waals surface area contributed by atoms with Crippen LogP contribution in [0.2, 0.25) is 0 Å². The van der Waals surface area contributed by atoms with E-state index in [2.05, 4.69) is 9.97 Å². The molecule has 0 aliphatic carbocycles. The van der Waals surface area contributed by atoms with E-state index in [1.165, 1.54) is 12.4 Å². The molecule has 0 aliphatic heterocycles. The van der Waals surface area contributed by atoms with Crippen LogP contribution in [0.3, 0.4) is 0 Å². The predicted octanol–water partition coefficient (Wildman–Crippen LogP) is 1.26. The average Bonchev–Trinajstić information content (AvgIpc) is 2.80. The Morgan fingerprint density at radius 2 is 2.16 bits per heavy atom. The largest absolute Gasteiger partial charge is 0.330 e. The van der Waals surface area contributed by atoms with E-state index in [-0.39, 0.29) is 5.95 Å². The smallest absolute Gasteiger partial charge is 0.272 e. The Balaban J connectivity index is 2.38. The van der Waals surface area contributed by atoms with Crippen molar-refractivity contribution in [1.82, 2.24) is 9.97 Å². The van der Waals surface area contributed by atoms with Gasteiger partial charge in [0.05, 0.1) is 11.0 Å². The lowest BCUT2D eigenvalue weighted by Crippen LogP contribution is -2.15. The molecule has 0 bridgehead atoms. The number of hydrogen-bond donors (Lipinski definition) is 2. The van der Waals surface area contributed by atoms with Gasteiger partial charge in [-0.2, -0.15) is 0 Å². The van der Waals surface area contributed by atoms with Gasteiger partial charge in [-0.05, 0) is 6.07 Å². The third-order valence-corrected chi connectivity index (χ3v) is 3.52. The number of H-pyrrole nitrogens is 1. The van der Waals surface area contributed by atoms with Crippen molar-refractivity contribution >= 4 is 21.7 Å². The second-order valence-electron chi connectivity index (χ2n) is 3.42. The number of rotatable bonds is 4. The van der Waals surface area contributed by atoms with E-state index < -0.39 is 31.3 Å². The SMILES string of the molecule is O=[N+]([O-])c1ccc(S(=O)(=O)Nc2ncc[nH]2)c(F)c1. The minimum Gasteiger partial charge on any atom is -0.330 e. The molecule has 0 spiro atoms. The van der Waals surface area contributed by atoms with E-state index in [1.54, 1.807) is 0 Å². The maximum atomic E-state index is 13.6. The number of nitrogens with one attached hydrogen (secondary N) is 2. The predicted molar refractivity (Wildman–Crippen MR) is 62.5 cm³/mol. The van der Waals surface area contributed by atoms with Gasteiger partial charge in [0.25, 0.3) is 15.7 Å². The van der Waals surface area contributed by atoms with Gasteiger partial charge < -0.3 is 4.98 Å². The van der Waals surface area contributed by atoms with Gasteiger partial charge in [-0.3, -0.25) is 10.1 Å². The maximum absolute atomic E-state index is 13.6. The Morgan fingerprint density at radius 3 is 2.68 bits per heavy atom. The number of non-ortho nitro benzene ring substituents is 1. The first-order valence-electron chi connectivity index (χ1n) is 4.86. The summed E-state index contributed by atoms with van der Waals surface area (Å²) in [5.41, 5.74) is -0.533. The molecule has 2 N–H and O–H groups in total. The van der Waals surface area contributed by atoms with Gasteiger partial charge in [-0.15, -0.1) is 0 Å². The van der Waals surface area contributed by atoms with E-state index in [9.17, 15) is 22.9 Å². The van der Waals surface area contributed by atoms with Gasteiger partial charge in [0.1, 0.15) is 4.90 Å². The number of halogens is 1. The van der Waals surface area contributed by atoms with Crippen LogP contribution in [-0.4, -0.2) is 23.3 Å². The third kappa shape index (κ3) is 2.68. The Hall–Kier alpha value is -2.49. The van der Waals surface area contributed by atoms with Crippen molar-refractivity contribution in [3.05, 3.63) is 46.5 Å². The van der Waals surface area contributed by atoms with Crippen molar-refractivity contribution in [3.8, 4) is 0 Å². The summed E-state index contributed by atoms with van der Waals surface area (Å²) in [4.78, 5) is 15.0. The van der Waals surface area contributed by atoms with Crippen molar-refractivity contribution < 1.29 is 17.7 Å². The van der Waals surface area contributed by atoms with Crippen LogP contribution in [0.25, 0.3) is 0 Å². The topological polar surface area (TPSA) is 118 Å². The monoisotopic (exact) mass is 286 g/mol. The van der Waals surface area contributed by atoms with E-state index in [1.807, 2.05) is 4.72 Å². The molecule has 10 heteroatoms. The van der Waals surface area contributed by atoms with Gasteiger partial charge in [0.2, 0.25) is 5.95 Å². The number of aromatic amines is 1. The maximum Gasteiger partial charge on any atom is 0.272 e. The minimum atomic E-state index is -4.20. The standard InChI is InChI=1S/C9H7FN4O4S/c10-7-5-6(14(15)16)1-2-8(7)19(17,18)13-9-11-3-4-12-9/h1-5H,(H2,11,12,13). The number of aromatic nitrogens is 2. The highest BCUT2D eigenvalue weighted by atomic mass is 32.2. The van der Waals surface area contributed by atoms with Crippen LogP contribution in [0, 0.1) is 15.9 Å². The van der Waals surface area contributed by atoms with Crippen LogP contribution in [0.5, 0.6) is 0 Å². The van der Waals surface area contributed by atoms with Crippen molar-refractivity contribution in [3.63, 3.8) is 0 Å². The minimum absolute atomic E-state index is 0.0854. The molecule has 0 atom stereocenters. The highest BCUT2D eigenvalue weighted by Crippen LogP contribution is 2.21. The Morgan fingerprint density at radius 1 is 1.42 bits per heavy atom. The number of sulfonamides is 1. The molecule has 0 radical (unpaired) electrons. The van der Waals surface area contributed by atoms with Crippen LogP contribution in [-0.2, 0) is 10.0 Å². The van der Waals surface area contributed by atoms with E-state index >= 15 is 0 Å². The molecule has 0 amide bonds. The summed E-state index contributed by atoms with van der Waals surface area (Å²) >= 11 is 0. The highest BCUT2D eigenvalue weighted by molar-refractivity contribution is 7.92. The Kier molecular flexibility index (Phi) is 3.17. The number of benzene rings is 1. The molecule has 1 aromatic carbocycles. The Bertz CT molecular complexity index is 714. The van der Waals surface area contributed by atoms with E-state index in [4.69, 9.17) is 0 Å². The normalized spacial score (nSPS) is 11.2. The molecule has 0 saturated carbocycles. The van der Waals surface area contributed by atoms with Gasteiger partial charge >= 0.3 is 0 Å². The fraction of sp³-hybridized carbons (Fsp3) is 0. The molecule has 0 fully saturated rings. The number of nitro benzene ring substituents is 1. The van der Waals surface area contributed by atoms with Crippen LogP contribution < -0.4 is 4.72 Å². The fourth-order valence-corrected chi connectivity index (χ4v) is 2.36. The lowest BCUT2D eigenvalue weighted by atomic mass is 10.3. The number of nitrogens with zero attached hydrogens (tertiary/aromatic N) is 2. The highest BCUT2D eigenvalue weighted by Gasteiger charge is 2.22. The summed E-state index contributed by atoms with van der Waals surface area (Å²) in [6.07, 6.45) is 2.69. The average molecular weight is 286 g/mol. The first kappa shape index (κ1) is 13.0. The number of hydrogen-bond acceptors (Lipinski definition) is 5. The van der Waals surface area contributed by atoms with Crippen LogP contribution in [0.1, 0.15) is 0 Å². The lowest BCUT2D eigenvalue weighted by Gasteiger charge is -2.06. The zero-order valence-corrected chi connectivity index (χ0v) is 10.0. The van der Waals surface area contributed by atoms with Crippen LogP contribution >= 0.6 is 0 Å². The summed E-state index contributed by atoms with van der Waals surface area (Å²) < 4.78 is 39.2. The number of anilines is 1. The molecule has 100 valence electrons. The van der Waals surface area contributed by atoms with Crippen LogP contribution in [0.15, 0.2) is 35.5 Å².